The molecule has 0 aliphatic heterocycles. The predicted octanol–water partition coefficient (Wildman–Crippen LogP) is 1.63. The maximum atomic E-state index is 13.5. The van der Waals surface area contributed by atoms with E-state index in [0.29, 0.717) is 17.1 Å². The SMILES string of the molecule is Cc1ncc(F)c(-c2cn(C)nc2C)n1. The Morgan fingerprint density at radius 3 is 2.67 bits per heavy atom. The van der Waals surface area contributed by atoms with E-state index < -0.39 is 5.82 Å². The van der Waals surface area contributed by atoms with Gasteiger partial charge in [-0.3, -0.25) is 4.68 Å². The molecule has 2 aromatic heterocycles. The molecule has 0 amide bonds. The Hall–Kier alpha value is -1.78. The number of rotatable bonds is 1. The second kappa shape index (κ2) is 3.42. The molecule has 4 nitrogen and oxygen atoms in total. The number of aromatic nitrogens is 4. The fourth-order valence-electron chi connectivity index (χ4n) is 1.48. The second-order valence-electron chi connectivity index (χ2n) is 3.42. The third-order valence-corrected chi connectivity index (χ3v) is 2.13. The molecule has 5 heteroatoms. The minimum absolute atomic E-state index is 0.313. The highest BCUT2D eigenvalue weighted by atomic mass is 19.1. The molecule has 0 aromatic carbocycles. The van der Waals surface area contributed by atoms with E-state index in [1.807, 2.05) is 6.92 Å². The van der Waals surface area contributed by atoms with Gasteiger partial charge in [0.2, 0.25) is 0 Å². The molecule has 0 saturated carbocycles. The number of nitrogens with zero attached hydrogens (tertiary/aromatic N) is 4. The molecule has 0 saturated heterocycles. The zero-order chi connectivity index (χ0) is 11.0. The van der Waals surface area contributed by atoms with Gasteiger partial charge in [-0.1, -0.05) is 0 Å². The van der Waals surface area contributed by atoms with Crippen molar-refractivity contribution in [1.29, 1.82) is 0 Å². The molecule has 0 unspecified atom stereocenters. The smallest absolute Gasteiger partial charge is 0.167 e. The third-order valence-electron chi connectivity index (χ3n) is 2.13. The lowest BCUT2D eigenvalue weighted by Gasteiger charge is -2.00. The first-order valence-electron chi connectivity index (χ1n) is 4.57. The van der Waals surface area contributed by atoms with Crippen LogP contribution in [0.15, 0.2) is 12.4 Å². The van der Waals surface area contributed by atoms with Crippen LogP contribution >= 0.6 is 0 Å². The molecular formula is C10H11FN4. The predicted molar refractivity (Wildman–Crippen MR) is 53.7 cm³/mol. The highest BCUT2D eigenvalue weighted by molar-refractivity contribution is 5.61. The number of aryl methyl sites for hydroxylation is 3. The standard InChI is InChI=1S/C10H11FN4/c1-6-8(5-15(3)14-6)10-9(11)4-12-7(2)13-10/h4-5H,1-3H3. The zero-order valence-corrected chi connectivity index (χ0v) is 8.82. The Balaban J connectivity index is 2.62. The Labute approximate surface area is 86.8 Å². The van der Waals surface area contributed by atoms with E-state index in [1.165, 1.54) is 6.20 Å². The number of hydrogen-bond donors (Lipinski definition) is 0. The summed E-state index contributed by atoms with van der Waals surface area (Å²) in [7, 11) is 1.79. The monoisotopic (exact) mass is 206 g/mol. The summed E-state index contributed by atoms with van der Waals surface area (Å²) in [5.41, 5.74) is 1.78. The maximum absolute atomic E-state index is 13.5. The van der Waals surface area contributed by atoms with Crippen molar-refractivity contribution in [2.75, 3.05) is 0 Å². The van der Waals surface area contributed by atoms with Gasteiger partial charge in [0.25, 0.3) is 0 Å². The normalized spacial score (nSPS) is 10.7. The molecule has 78 valence electrons. The summed E-state index contributed by atoms with van der Waals surface area (Å²) in [6, 6.07) is 0. The van der Waals surface area contributed by atoms with Crippen molar-refractivity contribution in [3.05, 3.63) is 29.7 Å². The quantitative estimate of drug-likeness (QED) is 0.712. The summed E-state index contributed by atoms with van der Waals surface area (Å²) >= 11 is 0. The Bertz CT molecular complexity index is 504. The number of hydrogen-bond acceptors (Lipinski definition) is 3. The molecule has 0 spiro atoms. The van der Waals surface area contributed by atoms with Crippen molar-refractivity contribution in [1.82, 2.24) is 19.7 Å². The average Bonchev–Trinajstić information content (AvgIpc) is 2.50. The van der Waals surface area contributed by atoms with Gasteiger partial charge in [-0.15, -0.1) is 0 Å². The van der Waals surface area contributed by atoms with Crippen LogP contribution in [0.4, 0.5) is 4.39 Å². The molecule has 0 atom stereocenters. The lowest BCUT2D eigenvalue weighted by molar-refractivity contribution is 0.615. The molecule has 0 N–H and O–H groups in total. The second-order valence-corrected chi connectivity index (χ2v) is 3.42. The lowest BCUT2D eigenvalue weighted by atomic mass is 10.2. The van der Waals surface area contributed by atoms with Crippen molar-refractivity contribution in [2.45, 2.75) is 13.8 Å². The van der Waals surface area contributed by atoms with E-state index in [9.17, 15) is 4.39 Å². The third kappa shape index (κ3) is 1.72. The van der Waals surface area contributed by atoms with E-state index >= 15 is 0 Å². The lowest BCUT2D eigenvalue weighted by Crippen LogP contribution is -1.95. The van der Waals surface area contributed by atoms with Crippen LogP contribution in [0, 0.1) is 19.7 Å². The summed E-state index contributed by atoms with van der Waals surface area (Å²) in [5.74, 6) is 0.131. The minimum atomic E-state index is -0.420. The fraction of sp³-hybridized carbons (Fsp3) is 0.300. The molecule has 0 fully saturated rings. The van der Waals surface area contributed by atoms with Gasteiger partial charge < -0.3 is 0 Å². The van der Waals surface area contributed by atoms with Crippen LogP contribution in [-0.4, -0.2) is 19.7 Å². The van der Waals surface area contributed by atoms with E-state index in [-0.39, 0.29) is 0 Å². The van der Waals surface area contributed by atoms with Crippen molar-refractivity contribution in [3.8, 4) is 11.3 Å². The summed E-state index contributed by atoms with van der Waals surface area (Å²) in [5, 5.41) is 4.15. The van der Waals surface area contributed by atoms with Gasteiger partial charge in [0, 0.05) is 18.8 Å². The fourth-order valence-corrected chi connectivity index (χ4v) is 1.48. The molecule has 15 heavy (non-hydrogen) atoms. The minimum Gasteiger partial charge on any atom is -0.275 e. The first kappa shape index (κ1) is 9.76. The van der Waals surface area contributed by atoms with Gasteiger partial charge in [0.15, 0.2) is 5.82 Å². The molecule has 2 heterocycles. The van der Waals surface area contributed by atoms with Crippen LogP contribution in [0.1, 0.15) is 11.5 Å². The molecule has 2 aromatic rings. The van der Waals surface area contributed by atoms with Crippen LogP contribution < -0.4 is 0 Å². The van der Waals surface area contributed by atoms with E-state index in [2.05, 4.69) is 15.1 Å². The van der Waals surface area contributed by atoms with Gasteiger partial charge in [0.05, 0.1) is 11.9 Å². The Morgan fingerprint density at radius 2 is 2.07 bits per heavy atom. The van der Waals surface area contributed by atoms with E-state index in [4.69, 9.17) is 0 Å². The number of halogens is 1. The highest BCUT2D eigenvalue weighted by Gasteiger charge is 2.12. The van der Waals surface area contributed by atoms with Crippen LogP contribution in [0.3, 0.4) is 0 Å². The molecule has 2 rings (SSSR count). The first-order chi connectivity index (χ1) is 7.08. The summed E-state index contributed by atoms with van der Waals surface area (Å²) in [4.78, 5) is 7.87. The van der Waals surface area contributed by atoms with Gasteiger partial charge in [-0.05, 0) is 13.8 Å². The van der Waals surface area contributed by atoms with Gasteiger partial charge >= 0.3 is 0 Å². The van der Waals surface area contributed by atoms with Crippen molar-refractivity contribution < 1.29 is 4.39 Å². The van der Waals surface area contributed by atoms with Crippen LogP contribution in [0.2, 0.25) is 0 Å². The van der Waals surface area contributed by atoms with Gasteiger partial charge in [-0.25, -0.2) is 14.4 Å². The molecular weight excluding hydrogens is 195 g/mol. The summed E-state index contributed by atoms with van der Waals surface area (Å²) in [6.07, 6.45) is 2.93. The zero-order valence-electron chi connectivity index (χ0n) is 8.82. The van der Waals surface area contributed by atoms with Crippen LogP contribution in [0.25, 0.3) is 11.3 Å². The van der Waals surface area contributed by atoms with E-state index in [1.54, 1.807) is 24.9 Å². The van der Waals surface area contributed by atoms with Crippen molar-refractivity contribution in [3.63, 3.8) is 0 Å². The summed E-state index contributed by atoms with van der Waals surface area (Å²) < 4.78 is 15.1. The van der Waals surface area contributed by atoms with Gasteiger partial charge in [0.1, 0.15) is 11.5 Å². The molecule has 0 bridgehead atoms. The maximum Gasteiger partial charge on any atom is 0.167 e. The van der Waals surface area contributed by atoms with Crippen molar-refractivity contribution >= 4 is 0 Å². The molecule has 0 aliphatic carbocycles. The van der Waals surface area contributed by atoms with Crippen molar-refractivity contribution in [2.24, 2.45) is 7.05 Å². The average molecular weight is 206 g/mol. The van der Waals surface area contributed by atoms with Crippen LogP contribution in [-0.2, 0) is 7.05 Å². The first-order valence-corrected chi connectivity index (χ1v) is 4.57. The Kier molecular flexibility index (Phi) is 2.22. The molecule has 0 aliphatic rings. The Morgan fingerprint density at radius 1 is 1.33 bits per heavy atom. The highest BCUT2D eigenvalue weighted by Crippen LogP contribution is 2.22. The summed E-state index contributed by atoms with van der Waals surface area (Å²) in [6.45, 7) is 3.56. The van der Waals surface area contributed by atoms with Gasteiger partial charge in [-0.2, -0.15) is 5.10 Å². The topological polar surface area (TPSA) is 43.6 Å². The van der Waals surface area contributed by atoms with E-state index in [0.717, 1.165) is 5.69 Å². The van der Waals surface area contributed by atoms with Crippen LogP contribution in [0.5, 0.6) is 0 Å². The largest absolute Gasteiger partial charge is 0.275 e. The molecule has 0 radical (unpaired) electrons.